The number of imide groups is 1. The summed E-state index contributed by atoms with van der Waals surface area (Å²) in [4.78, 5) is 26.6. The van der Waals surface area contributed by atoms with Crippen LogP contribution in [0.15, 0.2) is 30.3 Å². The predicted octanol–water partition coefficient (Wildman–Crippen LogP) is 1.56. The maximum atomic E-state index is 12.6. The van der Waals surface area contributed by atoms with Crippen molar-refractivity contribution >= 4 is 27.7 Å². The molecule has 21 heavy (non-hydrogen) atoms. The molecule has 2 aliphatic carbocycles. The van der Waals surface area contributed by atoms with Gasteiger partial charge in [0.25, 0.3) is 0 Å². The molecule has 1 N–H and O–H groups in total. The summed E-state index contributed by atoms with van der Waals surface area (Å²) in [7, 11) is 0. The fraction of sp³-hybridized carbons (Fsp3) is 0.500. The zero-order chi connectivity index (χ0) is 14.7. The van der Waals surface area contributed by atoms with Crippen LogP contribution in [0.5, 0.6) is 0 Å². The Morgan fingerprint density at radius 2 is 1.71 bits per heavy atom. The highest BCUT2D eigenvalue weighted by molar-refractivity contribution is 9.09. The number of amides is 2. The fourth-order valence-electron chi connectivity index (χ4n) is 4.37. The second-order valence-corrected chi connectivity index (χ2v) is 7.36. The van der Waals surface area contributed by atoms with E-state index in [1.54, 1.807) is 0 Å². The van der Waals surface area contributed by atoms with E-state index in [-0.39, 0.29) is 40.3 Å². The number of aliphatic hydroxyl groups is 1. The van der Waals surface area contributed by atoms with Gasteiger partial charge >= 0.3 is 0 Å². The third-order valence-corrected chi connectivity index (χ3v) is 6.53. The van der Waals surface area contributed by atoms with Gasteiger partial charge in [-0.1, -0.05) is 46.3 Å². The lowest BCUT2D eigenvalue weighted by atomic mass is 9.79. The molecule has 1 aromatic carbocycles. The van der Waals surface area contributed by atoms with E-state index in [0.29, 0.717) is 6.54 Å². The summed E-state index contributed by atoms with van der Waals surface area (Å²) in [6.45, 7) is 0.341. The molecule has 3 fully saturated rings. The molecule has 4 rings (SSSR count). The first-order valence-electron chi connectivity index (χ1n) is 7.31. The van der Waals surface area contributed by atoms with Gasteiger partial charge in [-0.15, -0.1) is 0 Å². The first-order valence-corrected chi connectivity index (χ1v) is 8.22. The van der Waals surface area contributed by atoms with Crippen molar-refractivity contribution in [1.29, 1.82) is 0 Å². The van der Waals surface area contributed by atoms with Crippen LogP contribution in [0.4, 0.5) is 0 Å². The van der Waals surface area contributed by atoms with Crippen molar-refractivity contribution in [3.8, 4) is 0 Å². The van der Waals surface area contributed by atoms with Gasteiger partial charge in [0, 0.05) is 4.83 Å². The van der Waals surface area contributed by atoms with E-state index in [2.05, 4.69) is 15.9 Å². The number of benzene rings is 1. The molecular weight excluding hydrogens is 334 g/mol. The Morgan fingerprint density at radius 1 is 1.10 bits per heavy atom. The zero-order valence-corrected chi connectivity index (χ0v) is 12.9. The maximum Gasteiger partial charge on any atom is 0.233 e. The van der Waals surface area contributed by atoms with Crippen molar-refractivity contribution in [2.75, 3.05) is 0 Å². The van der Waals surface area contributed by atoms with Crippen LogP contribution in [0.1, 0.15) is 12.0 Å². The van der Waals surface area contributed by atoms with Crippen LogP contribution in [-0.2, 0) is 16.1 Å². The maximum absolute atomic E-state index is 12.6. The fourth-order valence-corrected chi connectivity index (χ4v) is 5.31. The molecular formula is C16H16BrNO3. The van der Waals surface area contributed by atoms with Crippen molar-refractivity contribution in [2.45, 2.75) is 23.9 Å². The topological polar surface area (TPSA) is 57.6 Å². The second kappa shape index (κ2) is 4.65. The Bertz CT molecular complexity index is 573. The monoisotopic (exact) mass is 349 g/mol. The van der Waals surface area contributed by atoms with Crippen LogP contribution in [-0.4, -0.2) is 32.8 Å². The molecule has 6 atom stereocenters. The molecule has 0 aromatic heterocycles. The van der Waals surface area contributed by atoms with E-state index in [1.807, 2.05) is 30.3 Å². The number of aliphatic hydroxyl groups excluding tert-OH is 1. The van der Waals surface area contributed by atoms with E-state index in [4.69, 9.17) is 0 Å². The van der Waals surface area contributed by atoms with E-state index >= 15 is 0 Å². The summed E-state index contributed by atoms with van der Waals surface area (Å²) in [5.74, 6) is -0.680. The van der Waals surface area contributed by atoms with Gasteiger partial charge in [0.15, 0.2) is 0 Å². The highest BCUT2D eigenvalue weighted by Crippen LogP contribution is 2.58. The van der Waals surface area contributed by atoms with Crippen LogP contribution in [0, 0.1) is 23.7 Å². The second-order valence-electron chi connectivity index (χ2n) is 6.30. The summed E-state index contributed by atoms with van der Waals surface area (Å²) >= 11 is 3.50. The van der Waals surface area contributed by atoms with Crippen LogP contribution < -0.4 is 0 Å². The molecule has 0 spiro atoms. The number of hydrogen-bond acceptors (Lipinski definition) is 3. The molecule has 1 saturated heterocycles. The van der Waals surface area contributed by atoms with Crippen LogP contribution in [0.25, 0.3) is 0 Å². The SMILES string of the molecule is O=C1[C@@H]2[C@H]3C[C@@H]([C@H](Br)[C@H]3O)[C@H]2C(=O)N1Cc1ccccc1. The van der Waals surface area contributed by atoms with Crippen molar-refractivity contribution in [3.05, 3.63) is 35.9 Å². The lowest BCUT2D eigenvalue weighted by Gasteiger charge is -2.29. The number of alkyl halides is 1. The zero-order valence-electron chi connectivity index (χ0n) is 11.4. The van der Waals surface area contributed by atoms with E-state index < -0.39 is 6.10 Å². The number of carbonyl (C=O) groups is 2. The third-order valence-electron chi connectivity index (χ3n) is 5.31. The van der Waals surface area contributed by atoms with Crippen molar-refractivity contribution in [1.82, 2.24) is 4.90 Å². The number of nitrogens with zero attached hydrogens (tertiary/aromatic N) is 1. The molecule has 0 radical (unpaired) electrons. The first kappa shape index (κ1) is 13.5. The quantitative estimate of drug-likeness (QED) is 0.651. The van der Waals surface area contributed by atoms with Gasteiger partial charge in [0.2, 0.25) is 11.8 Å². The minimum atomic E-state index is -0.510. The smallest absolute Gasteiger partial charge is 0.233 e. The molecule has 3 aliphatic rings. The summed E-state index contributed by atoms with van der Waals surface area (Å²) in [5.41, 5.74) is 0.961. The van der Waals surface area contributed by atoms with Crippen LogP contribution in [0.2, 0.25) is 0 Å². The van der Waals surface area contributed by atoms with E-state index in [1.165, 1.54) is 4.90 Å². The molecule has 2 amide bonds. The Labute approximate surface area is 131 Å². The van der Waals surface area contributed by atoms with Gasteiger partial charge in [-0.2, -0.15) is 0 Å². The third kappa shape index (κ3) is 1.77. The van der Waals surface area contributed by atoms with E-state index in [9.17, 15) is 14.7 Å². The predicted molar refractivity (Wildman–Crippen MR) is 79.3 cm³/mol. The number of carbonyl (C=O) groups excluding carboxylic acids is 2. The average molecular weight is 350 g/mol. The van der Waals surface area contributed by atoms with E-state index in [0.717, 1.165) is 12.0 Å². The average Bonchev–Trinajstić information content (AvgIpc) is 3.09. The normalized spacial score (nSPS) is 41.0. The molecule has 110 valence electrons. The van der Waals surface area contributed by atoms with Gasteiger partial charge < -0.3 is 5.11 Å². The van der Waals surface area contributed by atoms with Gasteiger partial charge in [0.05, 0.1) is 24.5 Å². The van der Waals surface area contributed by atoms with Crippen LogP contribution >= 0.6 is 15.9 Å². The standard InChI is InChI=1S/C16H16BrNO3/c17-13-9-6-10(14(13)19)12-11(9)15(20)18(16(12)21)7-8-4-2-1-3-5-8/h1-5,9-14,19H,6-7H2/t9-,10-,11-,12-,13+,14+/m1/s1. The lowest BCUT2D eigenvalue weighted by molar-refractivity contribution is -0.141. The number of rotatable bonds is 2. The Morgan fingerprint density at radius 3 is 2.38 bits per heavy atom. The summed E-state index contributed by atoms with van der Waals surface area (Å²) in [5, 5.41) is 10.2. The highest BCUT2D eigenvalue weighted by Gasteiger charge is 2.66. The highest BCUT2D eigenvalue weighted by atomic mass is 79.9. The summed E-state index contributed by atoms with van der Waals surface area (Å²) in [6.07, 6.45) is 0.271. The Hall–Kier alpha value is -1.20. The summed E-state index contributed by atoms with van der Waals surface area (Å²) < 4.78 is 0. The number of fused-ring (bicyclic) bond motifs is 5. The number of likely N-dealkylation sites (tertiary alicyclic amines) is 1. The molecule has 2 bridgehead atoms. The number of halogens is 1. The largest absolute Gasteiger partial charge is 0.392 e. The van der Waals surface area contributed by atoms with Gasteiger partial charge in [0.1, 0.15) is 0 Å². The van der Waals surface area contributed by atoms with Gasteiger partial charge in [-0.25, -0.2) is 0 Å². The van der Waals surface area contributed by atoms with Gasteiger partial charge in [-0.05, 0) is 23.8 Å². The molecule has 1 aliphatic heterocycles. The Balaban J connectivity index is 1.62. The molecule has 4 nitrogen and oxygen atoms in total. The molecule has 2 saturated carbocycles. The summed E-state index contributed by atoms with van der Waals surface area (Å²) in [6, 6.07) is 9.57. The van der Waals surface area contributed by atoms with Crippen LogP contribution in [0.3, 0.4) is 0 Å². The first-order chi connectivity index (χ1) is 10.1. The molecule has 0 unspecified atom stereocenters. The van der Waals surface area contributed by atoms with Crippen molar-refractivity contribution < 1.29 is 14.7 Å². The van der Waals surface area contributed by atoms with Crippen molar-refractivity contribution in [2.24, 2.45) is 23.7 Å². The molecule has 1 heterocycles. The molecule has 5 heteroatoms. The number of hydrogen-bond donors (Lipinski definition) is 1. The lowest BCUT2D eigenvalue weighted by Crippen LogP contribution is -2.40. The molecule has 1 aromatic rings. The van der Waals surface area contributed by atoms with Crippen molar-refractivity contribution in [3.63, 3.8) is 0 Å². The minimum absolute atomic E-state index is 0.0577. The Kier molecular flexibility index (Phi) is 2.98. The minimum Gasteiger partial charge on any atom is -0.392 e. The van der Waals surface area contributed by atoms with Gasteiger partial charge in [-0.3, -0.25) is 14.5 Å².